The van der Waals surface area contributed by atoms with Gasteiger partial charge in [0.2, 0.25) is 0 Å². The number of aromatic nitrogens is 1. The summed E-state index contributed by atoms with van der Waals surface area (Å²) < 4.78 is 11.4. The zero-order valence-electron chi connectivity index (χ0n) is 26.4. The Morgan fingerprint density at radius 2 is 0.902 bits per heavy atom. The maximum atomic E-state index is 12.6. The van der Waals surface area contributed by atoms with E-state index in [1.807, 2.05) is 12.3 Å². The first-order chi connectivity index (χ1) is 20.1. The SMILES string of the molecule is CCCCCCCCCCCCCC(=O)Oc1cc2cc[nH]c2cc1OC(=O)CCCCCCCCCCCCC. The highest BCUT2D eigenvalue weighted by Gasteiger charge is 2.16. The summed E-state index contributed by atoms with van der Waals surface area (Å²) >= 11 is 0. The van der Waals surface area contributed by atoms with Crippen LogP contribution in [-0.2, 0) is 9.59 Å². The third-order valence-corrected chi connectivity index (χ3v) is 8.03. The smallest absolute Gasteiger partial charge is 0.311 e. The molecule has 0 unspecified atom stereocenters. The third-order valence-electron chi connectivity index (χ3n) is 8.03. The minimum atomic E-state index is -0.269. The first kappa shape index (κ1) is 34.9. The van der Waals surface area contributed by atoms with Crippen molar-refractivity contribution in [2.75, 3.05) is 0 Å². The molecule has 1 aromatic heterocycles. The molecular formula is C36H59NO4. The van der Waals surface area contributed by atoms with E-state index < -0.39 is 0 Å². The number of fused-ring (bicyclic) bond motifs is 1. The number of aromatic amines is 1. The predicted molar refractivity (Wildman–Crippen MR) is 172 cm³/mol. The third kappa shape index (κ3) is 16.7. The molecule has 0 saturated carbocycles. The summed E-state index contributed by atoms with van der Waals surface area (Å²) in [6.45, 7) is 4.51. The van der Waals surface area contributed by atoms with E-state index in [1.165, 1.54) is 116 Å². The van der Waals surface area contributed by atoms with Crippen LogP contribution in [0.5, 0.6) is 11.5 Å². The van der Waals surface area contributed by atoms with E-state index in [2.05, 4.69) is 18.8 Å². The summed E-state index contributed by atoms with van der Waals surface area (Å²) in [6, 6.07) is 5.47. The topological polar surface area (TPSA) is 68.4 Å². The minimum Gasteiger partial charge on any atom is -0.422 e. The van der Waals surface area contributed by atoms with Crippen molar-refractivity contribution < 1.29 is 19.1 Å². The number of benzene rings is 1. The number of rotatable bonds is 26. The second-order valence-electron chi connectivity index (χ2n) is 11.9. The maximum Gasteiger partial charge on any atom is 0.311 e. The molecule has 0 radical (unpaired) electrons. The number of unbranched alkanes of at least 4 members (excludes halogenated alkanes) is 20. The number of hydrogen-bond donors (Lipinski definition) is 1. The number of esters is 2. The van der Waals surface area contributed by atoms with E-state index >= 15 is 0 Å². The summed E-state index contributed by atoms with van der Waals surface area (Å²) in [5.74, 6) is 0.116. The van der Waals surface area contributed by atoms with Crippen LogP contribution in [0.3, 0.4) is 0 Å². The van der Waals surface area contributed by atoms with Gasteiger partial charge in [0.15, 0.2) is 11.5 Å². The lowest BCUT2D eigenvalue weighted by atomic mass is 10.1. The van der Waals surface area contributed by atoms with Crippen LogP contribution in [0.4, 0.5) is 0 Å². The first-order valence-corrected chi connectivity index (χ1v) is 17.2. The number of H-pyrrole nitrogens is 1. The number of hydrogen-bond acceptors (Lipinski definition) is 4. The van der Waals surface area contributed by atoms with Crippen molar-refractivity contribution in [2.45, 2.75) is 168 Å². The Morgan fingerprint density at radius 3 is 1.32 bits per heavy atom. The molecule has 232 valence electrons. The Hall–Kier alpha value is -2.30. The Morgan fingerprint density at radius 1 is 0.537 bits per heavy atom. The first-order valence-electron chi connectivity index (χ1n) is 17.2. The lowest BCUT2D eigenvalue weighted by Crippen LogP contribution is -2.12. The van der Waals surface area contributed by atoms with Crippen LogP contribution in [0.25, 0.3) is 10.9 Å². The lowest BCUT2D eigenvalue weighted by molar-refractivity contribution is -0.137. The van der Waals surface area contributed by atoms with Crippen molar-refractivity contribution in [3.63, 3.8) is 0 Å². The summed E-state index contributed by atoms with van der Waals surface area (Å²) in [5, 5.41) is 0.924. The van der Waals surface area contributed by atoms with E-state index in [0.29, 0.717) is 24.3 Å². The maximum absolute atomic E-state index is 12.6. The lowest BCUT2D eigenvalue weighted by Gasteiger charge is -2.11. The molecule has 0 aliphatic rings. The van der Waals surface area contributed by atoms with Crippen LogP contribution in [0, 0.1) is 0 Å². The molecule has 41 heavy (non-hydrogen) atoms. The van der Waals surface area contributed by atoms with E-state index in [4.69, 9.17) is 9.47 Å². The van der Waals surface area contributed by atoms with Crippen molar-refractivity contribution in [3.05, 3.63) is 24.4 Å². The molecule has 0 fully saturated rings. The number of carbonyl (C=O) groups is 2. The van der Waals surface area contributed by atoms with Crippen LogP contribution < -0.4 is 9.47 Å². The predicted octanol–water partition coefficient (Wildman–Crippen LogP) is 11.4. The molecule has 0 saturated heterocycles. The zero-order valence-corrected chi connectivity index (χ0v) is 26.4. The Bertz CT molecular complexity index is 876. The molecule has 0 bridgehead atoms. The second kappa shape index (κ2) is 23.3. The number of ether oxygens (including phenoxy) is 2. The van der Waals surface area contributed by atoms with Gasteiger partial charge in [-0.3, -0.25) is 9.59 Å². The zero-order chi connectivity index (χ0) is 29.4. The van der Waals surface area contributed by atoms with Crippen LogP contribution in [0.15, 0.2) is 24.4 Å². The van der Waals surface area contributed by atoms with Crippen molar-refractivity contribution in [1.29, 1.82) is 0 Å². The van der Waals surface area contributed by atoms with Crippen molar-refractivity contribution in [2.24, 2.45) is 0 Å². The molecule has 2 rings (SSSR count). The van der Waals surface area contributed by atoms with E-state index in [-0.39, 0.29) is 11.9 Å². The normalized spacial score (nSPS) is 11.3. The molecule has 2 aromatic rings. The van der Waals surface area contributed by atoms with E-state index in [1.54, 1.807) is 12.1 Å². The van der Waals surface area contributed by atoms with Gasteiger partial charge in [0.25, 0.3) is 0 Å². The van der Waals surface area contributed by atoms with Crippen LogP contribution in [0.2, 0.25) is 0 Å². The number of nitrogens with one attached hydrogen (secondary N) is 1. The monoisotopic (exact) mass is 569 g/mol. The van der Waals surface area contributed by atoms with Gasteiger partial charge in [-0.15, -0.1) is 0 Å². The van der Waals surface area contributed by atoms with Gasteiger partial charge in [-0.2, -0.15) is 0 Å². The van der Waals surface area contributed by atoms with Gasteiger partial charge < -0.3 is 14.5 Å². The summed E-state index contributed by atoms with van der Waals surface area (Å²) in [6.07, 6.45) is 29.9. The van der Waals surface area contributed by atoms with Gasteiger partial charge in [0.05, 0.1) is 0 Å². The van der Waals surface area contributed by atoms with E-state index in [9.17, 15) is 9.59 Å². The Kier molecular flexibility index (Phi) is 19.8. The molecule has 1 heterocycles. The molecule has 0 amide bonds. The quantitative estimate of drug-likeness (QED) is 0.0695. The summed E-state index contributed by atoms with van der Waals surface area (Å²) in [7, 11) is 0. The molecule has 0 aliphatic carbocycles. The van der Waals surface area contributed by atoms with Crippen LogP contribution in [-0.4, -0.2) is 16.9 Å². The minimum absolute atomic E-state index is 0.265. The van der Waals surface area contributed by atoms with Gasteiger partial charge in [-0.05, 0) is 25.0 Å². The van der Waals surface area contributed by atoms with E-state index in [0.717, 1.165) is 36.6 Å². The Balaban J connectivity index is 1.64. The summed E-state index contributed by atoms with van der Waals surface area (Å²) in [5.41, 5.74) is 0.854. The fraction of sp³-hybridized carbons (Fsp3) is 0.722. The fourth-order valence-electron chi connectivity index (χ4n) is 5.43. The average molecular weight is 570 g/mol. The fourth-order valence-corrected chi connectivity index (χ4v) is 5.43. The Labute approximate surface area is 250 Å². The van der Waals surface area contributed by atoms with Crippen molar-refractivity contribution in [1.82, 2.24) is 4.98 Å². The highest BCUT2D eigenvalue weighted by atomic mass is 16.6. The van der Waals surface area contributed by atoms with Gasteiger partial charge in [-0.1, -0.05) is 142 Å². The van der Waals surface area contributed by atoms with Crippen LogP contribution >= 0.6 is 0 Å². The van der Waals surface area contributed by atoms with Crippen LogP contribution in [0.1, 0.15) is 168 Å². The number of carbonyl (C=O) groups excluding carboxylic acids is 2. The molecular weight excluding hydrogens is 510 g/mol. The largest absolute Gasteiger partial charge is 0.422 e. The van der Waals surface area contributed by atoms with Crippen molar-refractivity contribution >= 4 is 22.8 Å². The highest BCUT2D eigenvalue weighted by molar-refractivity contribution is 5.86. The van der Waals surface area contributed by atoms with Gasteiger partial charge in [0, 0.05) is 36.0 Å². The molecule has 0 atom stereocenters. The second-order valence-corrected chi connectivity index (χ2v) is 11.9. The molecule has 0 spiro atoms. The molecule has 5 nitrogen and oxygen atoms in total. The van der Waals surface area contributed by atoms with Gasteiger partial charge in [0.1, 0.15) is 0 Å². The van der Waals surface area contributed by atoms with Crippen molar-refractivity contribution in [3.8, 4) is 11.5 Å². The standard InChI is InChI=1S/C36H59NO4/c1-3-5-7-9-11-13-15-17-19-21-23-25-35(38)40-33-29-31-27-28-37-32(31)30-34(33)41-36(39)26-24-22-20-18-16-14-12-10-8-6-4-2/h27-30,37H,3-26H2,1-2H3. The van der Waals surface area contributed by atoms with Gasteiger partial charge >= 0.3 is 11.9 Å². The molecule has 1 aromatic carbocycles. The van der Waals surface area contributed by atoms with Gasteiger partial charge in [-0.25, -0.2) is 0 Å². The summed E-state index contributed by atoms with van der Waals surface area (Å²) in [4.78, 5) is 28.3. The average Bonchev–Trinajstić information content (AvgIpc) is 3.42. The highest BCUT2D eigenvalue weighted by Crippen LogP contribution is 2.33. The molecule has 1 N–H and O–H groups in total. The molecule has 0 aliphatic heterocycles. The molecule has 5 heteroatoms.